The van der Waals surface area contributed by atoms with E-state index in [4.69, 9.17) is 16.0 Å². The van der Waals surface area contributed by atoms with Crippen LogP contribution in [0.1, 0.15) is 19.8 Å². The molecule has 2 N–H and O–H groups in total. The van der Waals surface area contributed by atoms with E-state index in [2.05, 4.69) is 12.2 Å². The second-order valence-corrected chi connectivity index (χ2v) is 8.24. The second kappa shape index (κ2) is 8.39. The smallest absolute Gasteiger partial charge is 0.281 e. The number of piperidine rings is 1. The fourth-order valence-corrected chi connectivity index (χ4v) is 4.04. The average Bonchev–Trinajstić information content (AvgIpc) is 2.71. The van der Waals surface area contributed by atoms with Gasteiger partial charge in [-0.25, -0.2) is 0 Å². The first kappa shape index (κ1) is 19.7. The molecule has 0 aliphatic carbocycles. The number of nitrogens with one attached hydrogen (secondary N) is 2. The molecule has 0 unspecified atom stereocenters. The Hall–Kier alpha value is -2.63. The average molecular weight is 412 g/mol. The molecule has 2 heterocycles. The Morgan fingerprint density at radius 1 is 1.17 bits per heavy atom. The number of halogens is 1. The zero-order valence-corrected chi connectivity index (χ0v) is 17.1. The van der Waals surface area contributed by atoms with E-state index >= 15 is 0 Å². The lowest BCUT2D eigenvalue weighted by molar-refractivity contribution is -0.897. The van der Waals surface area contributed by atoms with E-state index in [0.717, 1.165) is 31.8 Å². The minimum Gasteiger partial charge on any atom is -0.439 e. The molecule has 0 bridgehead atoms. The Bertz CT molecular complexity index is 1090. The van der Waals surface area contributed by atoms with Crippen LogP contribution in [0.2, 0.25) is 5.02 Å². The quantitative estimate of drug-likeness (QED) is 0.691. The molecule has 1 aromatic heterocycles. The van der Waals surface area contributed by atoms with E-state index in [1.165, 1.54) is 4.90 Å². The SMILES string of the molecule is CC1CC[NH+](CC(=O)Nc2oc3ccc(Cl)cc3c(=O)c2-c2ccccc2)CC1. The summed E-state index contributed by atoms with van der Waals surface area (Å²) in [5.41, 5.74) is 1.22. The Morgan fingerprint density at radius 2 is 1.90 bits per heavy atom. The Balaban J connectivity index is 1.70. The molecule has 0 atom stereocenters. The molecule has 4 rings (SSSR count). The molecule has 1 aliphatic rings. The molecule has 1 fully saturated rings. The van der Waals surface area contributed by atoms with Crippen LogP contribution in [0.4, 0.5) is 5.88 Å². The maximum atomic E-state index is 13.2. The van der Waals surface area contributed by atoms with Gasteiger partial charge in [0, 0.05) is 5.02 Å². The lowest BCUT2D eigenvalue weighted by atomic mass is 9.99. The molecule has 6 heteroatoms. The molecule has 0 spiro atoms. The molecular formula is C23H24ClN2O3+. The normalized spacial score (nSPS) is 19.2. The van der Waals surface area contributed by atoms with Crippen molar-refractivity contribution in [2.75, 3.05) is 25.0 Å². The molecule has 29 heavy (non-hydrogen) atoms. The first-order valence-electron chi connectivity index (χ1n) is 9.96. The molecule has 1 saturated heterocycles. The van der Waals surface area contributed by atoms with E-state index in [1.54, 1.807) is 18.2 Å². The van der Waals surface area contributed by atoms with Gasteiger partial charge in [0.25, 0.3) is 5.91 Å². The predicted molar refractivity (Wildman–Crippen MR) is 116 cm³/mol. The molecule has 1 aliphatic heterocycles. The molecule has 5 nitrogen and oxygen atoms in total. The van der Waals surface area contributed by atoms with Crippen molar-refractivity contribution in [1.29, 1.82) is 0 Å². The van der Waals surface area contributed by atoms with Crippen molar-refractivity contribution in [1.82, 2.24) is 0 Å². The lowest BCUT2D eigenvalue weighted by Gasteiger charge is -2.26. The minimum absolute atomic E-state index is 0.150. The zero-order valence-electron chi connectivity index (χ0n) is 16.3. The Labute approximate surface area is 174 Å². The predicted octanol–water partition coefficient (Wildman–Crippen LogP) is 3.37. The van der Waals surface area contributed by atoms with Gasteiger partial charge in [-0.3, -0.25) is 14.9 Å². The first-order valence-corrected chi connectivity index (χ1v) is 10.3. The summed E-state index contributed by atoms with van der Waals surface area (Å²) in [4.78, 5) is 27.2. The fourth-order valence-electron chi connectivity index (χ4n) is 3.87. The maximum absolute atomic E-state index is 13.2. The highest BCUT2D eigenvalue weighted by atomic mass is 35.5. The van der Waals surface area contributed by atoms with Crippen molar-refractivity contribution in [3.8, 4) is 11.1 Å². The van der Waals surface area contributed by atoms with E-state index < -0.39 is 0 Å². The highest BCUT2D eigenvalue weighted by molar-refractivity contribution is 6.31. The van der Waals surface area contributed by atoms with Gasteiger partial charge >= 0.3 is 0 Å². The van der Waals surface area contributed by atoms with Crippen molar-refractivity contribution in [3.05, 3.63) is 63.8 Å². The van der Waals surface area contributed by atoms with Crippen molar-refractivity contribution < 1.29 is 14.1 Å². The van der Waals surface area contributed by atoms with Gasteiger partial charge in [-0.2, -0.15) is 0 Å². The fraction of sp³-hybridized carbons (Fsp3) is 0.304. The molecule has 2 aromatic carbocycles. The van der Waals surface area contributed by atoms with E-state index in [9.17, 15) is 9.59 Å². The molecule has 0 saturated carbocycles. The summed E-state index contributed by atoms with van der Waals surface area (Å²) in [5, 5.41) is 3.71. The number of benzene rings is 2. The van der Waals surface area contributed by atoms with E-state index in [0.29, 0.717) is 33.7 Å². The Kier molecular flexibility index (Phi) is 5.69. The van der Waals surface area contributed by atoms with Gasteiger partial charge in [-0.15, -0.1) is 0 Å². The number of carbonyl (C=O) groups excluding carboxylic acids is 1. The van der Waals surface area contributed by atoms with Crippen LogP contribution in [0.3, 0.4) is 0 Å². The number of anilines is 1. The topological polar surface area (TPSA) is 63.8 Å². The second-order valence-electron chi connectivity index (χ2n) is 7.80. The summed E-state index contributed by atoms with van der Waals surface area (Å²) < 4.78 is 5.96. The number of amides is 1. The monoisotopic (exact) mass is 411 g/mol. The van der Waals surface area contributed by atoms with E-state index in [-0.39, 0.29) is 17.2 Å². The third kappa shape index (κ3) is 4.36. The third-order valence-corrected chi connectivity index (χ3v) is 5.79. The van der Waals surface area contributed by atoms with Crippen LogP contribution in [0.5, 0.6) is 0 Å². The first-order chi connectivity index (χ1) is 14.0. The number of likely N-dealkylation sites (tertiary alicyclic amines) is 1. The van der Waals surface area contributed by atoms with Crippen LogP contribution in [0, 0.1) is 5.92 Å². The molecular weight excluding hydrogens is 388 g/mol. The van der Waals surface area contributed by atoms with Gasteiger partial charge < -0.3 is 9.32 Å². The summed E-state index contributed by atoms with van der Waals surface area (Å²) >= 11 is 6.08. The standard InChI is InChI=1S/C23H23ClN2O3/c1-15-9-11-26(12-10-15)14-20(27)25-23-21(16-5-3-2-4-6-16)22(28)18-13-17(24)7-8-19(18)29-23/h2-8,13,15H,9-12,14H2,1H3,(H,25,27)/p+1. The number of rotatable bonds is 4. The van der Waals surface area contributed by atoms with Crippen LogP contribution < -0.4 is 15.6 Å². The van der Waals surface area contributed by atoms with Gasteiger partial charge in [-0.1, -0.05) is 48.9 Å². The van der Waals surface area contributed by atoms with E-state index in [1.807, 2.05) is 30.3 Å². The molecule has 3 aromatic rings. The van der Waals surface area contributed by atoms with Crippen molar-refractivity contribution >= 4 is 34.4 Å². The highest BCUT2D eigenvalue weighted by Crippen LogP contribution is 2.29. The van der Waals surface area contributed by atoms with Gasteiger partial charge in [-0.05, 0) is 42.5 Å². The van der Waals surface area contributed by atoms with Crippen molar-refractivity contribution in [3.63, 3.8) is 0 Å². The van der Waals surface area contributed by atoms with Crippen molar-refractivity contribution in [2.24, 2.45) is 5.92 Å². The summed E-state index contributed by atoms with van der Waals surface area (Å²) in [7, 11) is 0. The molecule has 0 radical (unpaired) electrons. The molecule has 150 valence electrons. The summed E-state index contributed by atoms with van der Waals surface area (Å²) in [6, 6.07) is 14.1. The van der Waals surface area contributed by atoms with Crippen LogP contribution in [-0.2, 0) is 4.79 Å². The Morgan fingerprint density at radius 3 is 2.62 bits per heavy atom. The summed E-state index contributed by atoms with van der Waals surface area (Å²) in [6.45, 7) is 4.59. The number of hydrogen-bond acceptors (Lipinski definition) is 3. The van der Waals surface area contributed by atoms with Crippen LogP contribution in [0.15, 0.2) is 57.7 Å². The number of carbonyl (C=O) groups is 1. The highest BCUT2D eigenvalue weighted by Gasteiger charge is 2.23. The van der Waals surface area contributed by atoms with Crippen molar-refractivity contribution in [2.45, 2.75) is 19.8 Å². The third-order valence-electron chi connectivity index (χ3n) is 5.56. The largest absolute Gasteiger partial charge is 0.439 e. The molecule has 1 amide bonds. The van der Waals surface area contributed by atoms with Gasteiger partial charge in [0.1, 0.15) is 5.58 Å². The van der Waals surface area contributed by atoms with Crippen LogP contribution >= 0.6 is 11.6 Å². The van der Waals surface area contributed by atoms with Gasteiger partial charge in [0.15, 0.2) is 6.54 Å². The number of quaternary nitrogens is 1. The minimum atomic E-state index is -0.214. The van der Waals surface area contributed by atoms with Gasteiger partial charge in [0.2, 0.25) is 11.3 Å². The summed E-state index contributed by atoms with van der Waals surface area (Å²) in [6.07, 6.45) is 2.26. The number of hydrogen-bond donors (Lipinski definition) is 2. The zero-order chi connectivity index (χ0) is 20.4. The summed E-state index contributed by atoms with van der Waals surface area (Å²) in [5.74, 6) is 0.755. The van der Waals surface area contributed by atoms with Gasteiger partial charge in [0.05, 0.1) is 24.0 Å². The lowest BCUT2D eigenvalue weighted by Crippen LogP contribution is -3.14. The van der Waals surface area contributed by atoms with Crippen LogP contribution in [0.25, 0.3) is 22.1 Å². The number of fused-ring (bicyclic) bond motifs is 1. The maximum Gasteiger partial charge on any atom is 0.281 e. The van der Waals surface area contributed by atoms with Crippen LogP contribution in [-0.4, -0.2) is 25.5 Å².